The standard InChI is InChI=1S/C19H21N7OS.HI/c1-3-20-19(22-11-17-23-12-24-26(17)2)21-10-13-8-9-15(27-13)18-25-14-6-4-5-7-16(14)28-18;/h4-9,12H,3,10-11H2,1-2H3,(H2,20,21,22);1H. The molecule has 3 heterocycles. The number of furan rings is 1. The lowest BCUT2D eigenvalue weighted by molar-refractivity contribution is 0.513. The zero-order valence-electron chi connectivity index (χ0n) is 16.1. The van der Waals surface area contributed by atoms with Gasteiger partial charge in [-0.25, -0.2) is 15.0 Å². The molecule has 3 aromatic heterocycles. The van der Waals surface area contributed by atoms with Crippen molar-refractivity contribution in [1.29, 1.82) is 0 Å². The van der Waals surface area contributed by atoms with E-state index in [0.29, 0.717) is 19.0 Å². The molecule has 0 saturated heterocycles. The van der Waals surface area contributed by atoms with Gasteiger partial charge in [0.05, 0.1) is 16.8 Å². The number of fused-ring (bicyclic) bond motifs is 1. The fraction of sp³-hybridized carbons (Fsp3) is 0.263. The number of thiazole rings is 1. The van der Waals surface area contributed by atoms with Crippen molar-refractivity contribution >= 4 is 51.5 Å². The maximum Gasteiger partial charge on any atom is 0.192 e. The van der Waals surface area contributed by atoms with Gasteiger partial charge in [0.1, 0.15) is 24.5 Å². The maximum absolute atomic E-state index is 5.97. The molecule has 0 aliphatic heterocycles. The summed E-state index contributed by atoms with van der Waals surface area (Å²) in [6.07, 6.45) is 1.53. The summed E-state index contributed by atoms with van der Waals surface area (Å²) in [5, 5.41) is 11.4. The van der Waals surface area contributed by atoms with Crippen LogP contribution in [0.4, 0.5) is 0 Å². The molecule has 1 aromatic carbocycles. The summed E-state index contributed by atoms with van der Waals surface area (Å²) in [5.74, 6) is 3.09. The molecule has 0 saturated carbocycles. The van der Waals surface area contributed by atoms with E-state index < -0.39 is 0 Å². The Kier molecular flexibility index (Phi) is 7.20. The van der Waals surface area contributed by atoms with Crippen molar-refractivity contribution in [1.82, 2.24) is 30.4 Å². The molecule has 4 aromatic rings. The van der Waals surface area contributed by atoms with Crippen molar-refractivity contribution in [3.8, 4) is 10.8 Å². The van der Waals surface area contributed by atoms with Crippen molar-refractivity contribution in [2.24, 2.45) is 12.0 Å². The van der Waals surface area contributed by atoms with Gasteiger partial charge in [0, 0.05) is 13.6 Å². The first-order valence-corrected chi connectivity index (χ1v) is 9.84. The van der Waals surface area contributed by atoms with Crippen LogP contribution in [0.2, 0.25) is 0 Å². The van der Waals surface area contributed by atoms with Crippen LogP contribution in [0, 0.1) is 0 Å². The van der Waals surface area contributed by atoms with E-state index in [1.54, 1.807) is 16.0 Å². The predicted molar refractivity (Wildman–Crippen MR) is 125 cm³/mol. The van der Waals surface area contributed by atoms with E-state index in [1.165, 1.54) is 6.33 Å². The van der Waals surface area contributed by atoms with Crippen LogP contribution < -0.4 is 10.6 Å². The second-order valence-corrected chi connectivity index (χ2v) is 7.13. The third-order valence-corrected chi connectivity index (χ3v) is 5.18. The number of nitrogens with zero attached hydrogens (tertiary/aromatic N) is 5. The number of aromatic nitrogens is 4. The minimum absolute atomic E-state index is 0. The van der Waals surface area contributed by atoms with Gasteiger partial charge in [-0.05, 0) is 31.2 Å². The van der Waals surface area contributed by atoms with E-state index in [4.69, 9.17) is 4.42 Å². The summed E-state index contributed by atoms with van der Waals surface area (Å²) in [4.78, 5) is 13.4. The smallest absolute Gasteiger partial charge is 0.192 e. The molecular weight excluding hydrogens is 501 g/mol. The number of guanidine groups is 1. The van der Waals surface area contributed by atoms with E-state index in [-0.39, 0.29) is 24.0 Å². The Balaban J connectivity index is 0.00000240. The van der Waals surface area contributed by atoms with Crippen molar-refractivity contribution in [2.45, 2.75) is 20.0 Å². The molecule has 0 radical (unpaired) electrons. The highest BCUT2D eigenvalue weighted by atomic mass is 127. The highest BCUT2D eigenvalue weighted by Gasteiger charge is 2.11. The Morgan fingerprint density at radius 3 is 2.83 bits per heavy atom. The van der Waals surface area contributed by atoms with Crippen LogP contribution in [0.25, 0.3) is 21.0 Å². The number of aliphatic imine (C=N–C) groups is 1. The topological polar surface area (TPSA) is 93.2 Å². The Morgan fingerprint density at radius 2 is 2.07 bits per heavy atom. The van der Waals surface area contributed by atoms with Crippen molar-refractivity contribution in [3.63, 3.8) is 0 Å². The third-order valence-electron chi connectivity index (χ3n) is 4.12. The first kappa shape index (κ1) is 21.2. The zero-order chi connectivity index (χ0) is 19.3. The monoisotopic (exact) mass is 523 g/mol. The van der Waals surface area contributed by atoms with Crippen molar-refractivity contribution in [2.75, 3.05) is 6.54 Å². The number of benzene rings is 1. The second kappa shape index (κ2) is 9.83. The Bertz CT molecular complexity index is 1070. The number of aryl methyl sites for hydroxylation is 1. The first-order valence-electron chi connectivity index (χ1n) is 9.02. The number of halogens is 1. The van der Waals surface area contributed by atoms with E-state index in [9.17, 15) is 0 Å². The molecule has 29 heavy (non-hydrogen) atoms. The summed E-state index contributed by atoms with van der Waals surface area (Å²) in [5.41, 5.74) is 0.990. The molecule has 0 amide bonds. The molecule has 10 heteroatoms. The predicted octanol–water partition coefficient (Wildman–Crippen LogP) is 3.56. The normalized spacial score (nSPS) is 11.4. The largest absolute Gasteiger partial charge is 0.457 e. The Morgan fingerprint density at radius 1 is 1.21 bits per heavy atom. The fourth-order valence-electron chi connectivity index (χ4n) is 2.69. The highest BCUT2D eigenvalue weighted by molar-refractivity contribution is 14.0. The molecule has 152 valence electrons. The van der Waals surface area contributed by atoms with Crippen molar-refractivity contribution < 1.29 is 4.42 Å². The average molecular weight is 523 g/mol. The first-order chi connectivity index (χ1) is 13.7. The highest BCUT2D eigenvalue weighted by Crippen LogP contribution is 2.31. The molecule has 0 atom stereocenters. The summed E-state index contributed by atoms with van der Waals surface area (Å²) in [6, 6.07) is 12.0. The summed E-state index contributed by atoms with van der Waals surface area (Å²) >= 11 is 1.63. The number of nitrogens with one attached hydrogen (secondary N) is 2. The van der Waals surface area contributed by atoms with Crippen LogP contribution >= 0.6 is 35.3 Å². The van der Waals surface area contributed by atoms with E-state index >= 15 is 0 Å². The number of rotatable bonds is 6. The Hall–Kier alpha value is -2.47. The second-order valence-electron chi connectivity index (χ2n) is 6.10. The molecule has 0 bridgehead atoms. The van der Waals surface area contributed by atoms with E-state index in [1.807, 2.05) is 44.3 Å². The maximum atomic E-state index is 5.97. The molecule has 2 N–H and O–H groups in total. The van der Waals surface area contributed by atoms with Gasteiger partial charge >= 0.3 is 0 Å². The van der Waals surface area contributed by atoms with Gasteiger partial charge in [0.25, 0.3) is 0 Å². The zero-order valence-corrected chi connectivity index (χ0v) is 19.3. The summed E-state index contributed by atoms with van der Waals surface area (Å²) < 4.78 is 8.84. The lowest BCUT2D eigenvalue weighted by atomic mass is 10.3. The fourth-order valence-corrected chi connectivity index (χ4v) is 3.62. The Labute approximate surface area is 189 Å². The van der Waals surface area contributed by atoms with Crippen LogP contribution in [-0.4, -0.2) is 32.3 Å². The number of hydrogen-bond acceptors (Lipinski definition) is 6. The van der Waals surface area contributed by atoms with Crippen LogP contribution in [0.15, 0.2) is 52.1 Å². The van der Waals surface area contributed by atoms with Gasteiger partial charge in [-0.15, -0.1) is 35.3 Å². The third kappa shape index (κ3) is 5.12. The van der Waals surface area contributed by atoms with Crippen LogP contribution in [-0.2, 0) is 20.1 Å². The molecule has 0 fully saturated rings. The lowest BCUT2D eigenvalue weighted by Gasteiger charge is -2.09. The summed E-state index contributed by atoms with van der Waals surface area (Å²) in [7, 11) is 1.85. The summed E-state index contributed by atoms with van der Waals surface area (Å²) in [6.45, 7) is 3.76. The van der Waals surface area contributed by atoms with Gasteiger partial charge in [-0.3, -0.25) is 4.68 Å². The quantitative estimate of drug-likeness (QED) is 0.228. The van der Waals surface area contributed by atoms with Crippen LogP contribution in [0.3, 0.4) is 0 Å². The number of para-hydroxylation sites is 1. The molecule has 0 unspecified atom stereocenters. The molecule has 8 nitrogen and oxygen atoms in total. The lowest BCUT2D eigenvalue weighted by Crippen LogP contribution is -2.36. The SMILES string of the molecule is CCNC(=NCc1ncnn1C)NCc1ccc(-c2nc3ccccc3s2)o1.I. The van der Waals surface area contributed by atoms with Crippen LogP contribution in [0.5, 0.6) is 0 Å². The van der Waals surface area contributed by atoms with Gasteiger partial charge in [0.15, 0.2) is 16.7 Å². The number of hydrogen-bond donors (Lipinski definition) is 2. The van der Waals surface area contributed by atoms with Gasteiger partial charge in [0.2, 0.25) is 0 Å². The van der Waals surface area contributed by atoms with Gasteiger partial charge < -0.3 is 15.1 Å². The van der Waals surface area contributed by atoms with E-state index in [2.05, 4.69) is 36.8 Å². The van der Waals surface area contributed by atoms with E-state index in [0.717, 1.165) is 39.1 Å². The average Bonchev–Trinajstić information content (AvgIpc) is 3.43. The van der Waals surface area contributed by atoms with Gasteiger partial charge in [-0.1, -0.05) is 12.1 Å². The van der Waals surface area contributed by atoms with Crippen molar-refractivity contribution in [3.05, 3.63) is 54.3 Å². The van der Waals surface area contributed by atoms with Crippen LogP contribution in [0.1, 0.15) is 18.5 Å². The molecule has 4 rings (SSSR count). The minimum Gasteiger partial charge on any atom is -0.457 e. The molecular formula is C19H22IN7OS. The van der Waals surface area contributed by atoms with Gasteiger partial charge in [-0.2, -0.15) is 5.10 Å². The molecule has 0 spiro atoms. The minimum atomic E-state index is 0. The molecule has 0 aliphatic carbocycles. The molecule has 0 aliphatic rings.